The lowest BCUT2D eigenvalue weighted by atomic mass is 10.1. The van der Waals surface area contributed by atoms with Gasteiger partial charge in [-0.2, -0.15) is 0 Å². The zero-order valence-corrected chi connectivity index (χ0v) is 15.0. The predicted octanol–water partition coefficient (Wildman–Crippen LogP) is 4.92. The molecule has 0 fully saturated rings. The minimum absolute atomic E-state index is 0.298. The fourth-order valence-corrected chi connectivity index (χ4v) is 4.03. The van der Waals surface area contributed by atoms with Crippen LogP contribution in [0.1, 0.15) is 15.9 Å². The molecule has 0 saturated carbocycles. The summed E-state index contributed by atoms with van der Waals surface area (Å²) in [6, 6.07) is 13.4. The highest BCUT2D eigenvalue weighted by Gasteiger charge is 2.22. The number of amides is 1. The Morgan fingerprint density at radius 2 is 1.88 bits per heavy atom. The molecule has 1 aromatic carbocycles. The zero-order valence-electron chi connectivity index (χ0n) is 13.4. The molecule has 6 heteroatoms. The molecule has 25 heavy (non-hydrogen) atoms. The molecule has 126 valence electrons. The summed E-state index contributed by atoms with van der Waals surface area (Å²) in [5.74, 6) is -0.763. The van der Waals surface area contributed by atoms with Gasteiger partial charge in [-0.1, -0.05) is 36.4 Å². The molecule has 0 spiro atoms. The van der Waals surface area contributed by atoms with Gasteiger partial charge in [-0.05, 0) is 23.1 Å². The van der Waals surface area contributed by atoms with Crippen LogP contribution in [0.2, 0.25) is 0 Å². The monoisotopic (exact) mass is 369 g/mol. The van der Waals surface area contributed by atoms with Gasteiger partial charge in [0.05, 0.1) is 7.11 Å². The Balaban J connectivity index is 1.84. The Kier molecular flexibility index (Phi) is 5.42. The van der Waals surface area contributed by atoms with Crippen molar-refractivity contribution >= 4 is 45.6 Å². The molecule has 1 N–H and O–H groups in total. The number of ether oxygens (including phenoxy) is 1. The highest BCUT2D eigenvalue weighted by molar-refractivity contribution is 7.17. The minimum atomic E-state index is -0.466. The molecule has 2 heterocycles. The molecular weight excluding hydrogens is 354 g/mol. The first-order valence-corrected chi connectivity index (χ1v) is 9.22. The number of carbonyl (C=O) groups excluding carboxylic acids is 2. The molecule has 1 amide bonds. The average Bonchev–Trinajstić information content (AvgIpc) is 3.30. The molecule has 4 nitrogen and oxygen atoms in total. The van der Waals surface area contributed by atoms with E-state index in [1.807, 2.05) is 53.2 Å². The van der Waals surface area contributed by atoms with Crippen molar-refractivity contribution in [3.05, 3.63) is 70.4 Å². The zero-order chi connectivity index (χ0) is 17.6. The van der Waals surface area contributed by atoms with E-state index in [1.54, 1.807) is 6.08 Å². The van der Waals surface area contributed by atoms with Gasteiger partial charge in [0.1, 0.15) is 10.6 Å². The van der Waals surface area contributed by atoms with E-state index in [1.165, 1.54) is 35.9 Å². The first-order chi connectivity index (χ1) is 12.2. The summed E-state index contributed by atoms with van der Waals surface area (Å²) in [6.45, 7) is 0. The number of thiophene rings is 2. The van der Waals surface area contributed by atoms with Gasteiger partial charge in [0.2, 0.25) is 5.91 Å². The normalized spacial score (nSPS) is 10.8. The van der Waals surface area contributed by atoms with Crippen LogP contribution in [0.3, 0.4) is 0 Å². The molecule has 0 aliphatic heterocycles. The van der Waals surface area contributed by atoms with Crippen LogP contribution in [0.4, 0.5) is 5.00 Å². The van der Waals surface area contributed by atoms with Crippen LogP contribution < -0.4 is 5.32 Å². The number of carbonyl (C=O) groups is 2. The van der Waals surface area contributed by atoms with Crippen molar-refractivity contribution in [3.63, 3.8) is 0 Å². The summed E-state index contributed by atoms with van der Waals surface area (Å²) in [4.78, 5) is 25.4. The summed E-state index contributed by atoms with van der Waals surface area (Å²) in [5, 5.41) is 7.05. The van der Waals surface area contributed by atoms with Crippen molar-refractivity contribution < 1.29 is 14.3 Å². The van der Waals surface area contributed by atoms with Crippen molar-refractivity contribution in [2.45, 2.75) is 0 Å². The molecule has 0 saturated heterocycles. The number of nitrogens with one attached hydrogen (secondary N) is 1. The molecule has 0 bridgehead atoms. The maximum atomic E-state index is 12.2. The summed E-state index contributed by atoms with van der Waals surface area (Å²) in [5.41, 5.74) is 2.09. The lowest BCUT2D eigenvalue weighted by molar-refractivity contribution is -0.111. The number of hydrogen-bond donors (Lipinski definition) is 1. The molecule has 0 aliphatic carbocycles. The summed E-state index contributed by atoms with van der Waals surface area (Å²) < 4.78 is 4.89. The van der Waals surface area contributed by atoms with E-state index in [2.05, 4.69) is 5.32 Å². The lowest BCUT2D eigenvalue weighted by Gasteiger charge is -2.05. The van der Waals surface area contributed by atoms with Crippen molar-refractivity contribution in [2.75, 3.05) is 12.4 Å². The summed E-state index contributed by atoms with van der Waals surface area (Å²) in [7, 11) is 1.33. The Morgan fingerprint density at radius 3 is 2.56 bits per heavy atom. The van der Waals surface area contributed by atoms with E-state index in [0.29, 0.717) is 10.6 Å². The van der Waals surface area contributed by atoms with Crippen LogP contribution in [0.15, 0.2) is 59.3 Å². The number of rotatable bonds is 5. The van der Waals surface area contributed by atoms with E-state index in [0.717, 1.165) is 16.0 Å². The molecule has 2 aromatic heterocycles. The standard InChI is InChI=1S/C19H15NO3S2/c1-23-19(22)17-14(15-8-5-11-24-15)12-25-18(17)20-16(21)10-9-13-6-3-2-4-7-13/h2-12H,1H3,(H,20,21)/b10-9-. The Hall–Kier alpha value is -2.70. The van der Waals surface area contributed by atoms with Gasteiger partial charge in [0, 0.05) is 21.9 Å². The van der Waals surface area contributed by atoms with Crippen LogP contribution in [0.25, 0.3) is 16.5 Å². The van der Waals surface area contributed by atoms with E-state index < -0.39 is 5.97 Å². The van der Waals surface area contributed by atoms with Crippen LogP contribution in [0, 0.1) is 0 Å². The largest absolute Gasteiger partial charge is 0.465 e. The topological polar surface area (TPSA) is 55.4 Å². The van der Waals surface area contributed by atoms with Gasteiger partial charge >= 0.3 is 5.97 Å². The molecule has 0 atom stereocenters. The fourth-order valence-electron chi connectivity index (χ4n) is 2.26. The third-order valence-electron chi connectivity index (χ3n) is 3.43. The van der Waals surface area contributed by atoms with Gasteiger partial charge in [0.15, 0.2) is 0 Å². The van der Waals surface area contributed by atoms with Crippen LogP contribution in [0.5, 0.6) is 0 Å². The third-order valence-corrected chi connectivity index (χ3v) is 5.23. The number of hydrogen-bond acceptors (Lipinski definition) is 5. The highest BCUT2D eigenvalue weighted by Crippen LogP contribution is 2.38. The first-order valence-electron chi connectivity index (χ1n) is 7.47. The second kappa shape index (κ2) is 7.92. The molecule has 0 aliphatic rings. The van der Waals surface area contributed by atoms with Crippen LogP contribution in [-0.4, -0.2) is 19.0 Å². The maximum Gasteiger partial charge on any atom is 0.341 e. The Labute approximate surface area is 153 Å². The lowest BCUT2D eigenvalue weighted by Crippen LogP contribution is -2.11. The average molecular weight is 369 g/mol. The van der Waals surface area contributed by atoms with Gasteiger partial charge in [-0.25, -0.2) is 4.79 Å². The second-order valence-corrected chi connectivity index (χ2v) is 6.88. The molecular formula is C19H15NO3S2. The summed E-state index contributed by atoms with van der Waals surface area (Å²) in [6.07, 6.45) is 3.17. The quantitative estimate of drug-likeness (QED) is 0.513. The Bertz CT molecular complexity index is 896. The fraction of sp³-hybridized carbons (Fsp3) is 0.0526. The highest BCUT2D eigenvalue weighted by atomic mass is 32.1. The van der Waals surface area contributed by atoms with Gasteiger partial charge in [-0.3, -0.25) is 4.79 Å². The first kappa shape index (κ1) is 17.1. The molecule has 3 rings (SSSR count). The van der Waals surface area contributed by atoms with E-state index >= 15 is 0 Å². The smallest absolute Gasteiger partial charge is 0.341 e. The number of esters is 1. The predicted molar refractivity (Wildman–Crippen MR) is 103 cm³/mol. The molecule has 3 aromatic rings. The molecule has 0 radical (unpaired) electrons. The van der Waals surface area contributed by atoms with Crippen molar-refractivity contribution in [2.24, 2.45) is 0 Å². The van der Waals surface area contributed by atoms with Gasteiger partial charge in [-0.15, -0.1) is 22.7 Å². The van der Waals surface area contributed by atoms with E-state index in [-0.39, 0.29) is 5.91 Å². The van der Waals surface area contributed by atoms with Crippen molar-refractivity contribution in [1.29, 1.82) is 0 Å². The second-order valence-electron chi connectivity index (χ2n) is 5.06. The van der Waals surface area contributed by atoms with Crippen LogP contribution in [-0.2, 0) is 9.53 Å². The number of methoxy groups -OCH3 is 1. The van der Waals surface area contributed by atoms with Gasteiger partial charge < -0.3 is 10.1 Å². The SMILES string of the molecule is COC(=O)c1c(-c2cccs2)csc1NC(=O)/C=C\c1ccccc1. The Morgan fingerprint density at radius 1 is 1.08 bits per heavy atom. The van der Waals surface area contributed by atoms with Crippen LogP contribution >= 0.6 is 22.7 Å². The number of benzene rings is 1. The number of anilines is 1. The molecule has 0 unspecified atom stereocenters. The third kappa shape index (κ3) is 4.04. The maximum absolute atomic E-state index is 12.2. The van der Waals surface area contributed by atoms with Crippen molar-refractivity contribution in [1.82, 2.24) is 0 Å². The van der Waals surface area contributed by atoms with Crippen molar-refractivity contribution in [3.8, 4) is 10.4 Å². The van der Waals surface area contributed by atoms with Gasteiger partial charge in [0.25, 0.3) is 0 Å². The van der Waals surface area contributed by atoms with E-state index in [4.69, 9.17) is 4.74 Å². The summed E-state index contributed by atoms with van der Waals surface area (Å²) >= 11 is 2.84. The minimum Gasteiger partial charge on any atom is -0.465 e. The van der Waals surface area contributed by atoms with E-state index in [9.17, 15) is 9.59 Å².